The van der Waals surface area contributed by atoms with E-state index in [1.54, 1.807) is 0 Å². The van der Waals surface area contributed by atoms with Crippen LogP contribution in [0.4, 0.5) is 70.2 Å². The maximum atomic E-state index is 13.4. The first-order valence-electron chi connectivity index (χ1n) is 6.39. The minimum atomic E-state index is -8.32. The lowest BCUT2D eigenvalue weighted by Crippen LogP contribution is -2.73. The van der Waals surface area contributed by atoms with E-state index in [0.29, 0.717) is 0 Å². The molecule has 1 nitrogen and oxygen atoms in total. The third-order valence-corrected chi connectivity index (χ3v) is 7.71. The van der Waals surface area contributed by atoms with Gasteiger partial charge >= 0.3 is 35.8 Å². The quantitative estimate of drug-likeness (QED) is 0.369. The standard InChI is InChI=1S/C9H8F16OSi2/c1-28(26-27)4(13,14)2(10)3(11,12)5(15,16)6(17,18)7(19,20)8(21,22)9(23,24)25/h2,28H,1,27H3. The summed E-state index contributed by atoms with van der Waals surface area (Å²) in [5.74, 6) is -40.2. The smallest absolute Gasteiger partial charge is 0.460 e. The van der Waals surface area contributed by atoms with Crippen molar-refractivity contribution in [3.05, 3.63) is 0 Å². The highest BCUT2D eigenvalue weighted by Gasteiger charge is 2.92. The van der Waals surface area contributed by atoms with Crippen molar-refractivity contribution in [2.45, 2.75) is 54.1 Å². The number of hydrogen-bond acceptors (Lipinski definition) is 1. The molecule has 0 N–H and O–H groups in total. The van der Waals surface area contributed by atoms with Crippen LogP contribution in [0.3, 0.4) is 0 Å². The van der Waals surface area contributed by atoms with Crippen LogP contribution in [0.25, 0.3) is 0 Å². The fourth-order valence-corrected chi connectivity index (χ4v) is 3.42. The van der Waals surface area contributed by atoms with Gasteiger partial charge in [-0.25, -0.2) is 13.2 Å². The Kier molecular flexibility index (Phi) is 7.01. The fraction of sp³-hybridized carbons (Fsp3) is 1.00. The Labute approximate surface area is 149 Å². The van der Waals surface area contributed by atoms with Crippen molar-refractivity contribution in [2.24, 2.45) is 0 Å². The van der Waals surface area contributed by atoms with Crippen molar-refractivity contribution in [3.8, 4) is 0 Å². The first-order chi connectivity index (χ1) is 11.9. The molecule has 0 rings (SSSR count). The molecule has 0 saturated heterocycles. The van der Waals surface area contributed by atoms with Crippen molar-refractivity contribution < 1.29 is 74.4 Å². The molecule has 0 radical (unpaired) electrons. The molecule has 0 bridgehead atoms. The molecule has 0 aromatic carbocycles. The average Bonchev–Trinajstić information content (AvgIpc) is 2.50. The Morgan fingerprint density at radius 3 is 1.25 bits per heavy atom. The van der Waals surface area contributed by atoms with E-state index in [4.69, 9.17) is 0 Å². The van der Waals surface area contributed by atoms with Gasteiger partial charge < -0.3 is 4.12 Å². The van der Waals surface area contributed by atoms with E-state index >= 15 is 0 Å². The number of hydrogen-bond donors (Lipinski definition) is 0. The molecule has 2 unspecified atom stereocenters. The zero-order valence-electron chi connectivity index (χ0n) is 13.1. The second-order valence-corrected chi connectivity index (χ2v) is 9.27. The zero-order valence-corrected chi connectivity index (χ0v) is 16.3. The van der Waals surface area contributed by atoms with Gasteiger partial charge in [0, 0.05) is 0 Å². The van der Waals surface area contributed by atoms with Crippen molar-refractivity contribution >= 4 is 19.5 Å². The lowest BCUT2D eigenvalue weighted by molar-refractivity contribution is -0.445. The minimum absolute atomic E-state index is 0.221. The van der Waals surface area contributed by atoms with E-state index in [1.807, 2.05) is 0 Å². The largest absolute Gasteiger partial charge is 0.462 e. The summed E-state index contributed by atoms with van der Waals surface area (Å²) in [4.78, 5) is 0. The lowest BCUT2D eigenvalue weighted by atomic mass is 9.92. The van der Waals surface area contributed by atoms with E-state index in [-0.39, 0.29) is 6.55 Å². The van der Waals surface area contributed by atoms with Gasteiger partial charge in [0.05, 0.1) is 0 Å². The summed E-state index contributed by atoms with van der Waals surface area (Å²) in [5.41, 5.74) is -5.62. The Morgan fingerprint density at radius 1 is 0.643 bits per heavy atom. The minimum Gasteiger partial charge on any atom is -0.462 e. The normalized spacial score (nSPS) is 18.3. The van der Waals surface area contributed by atoms with E-state index < -0.39 is 67.0 Å². The van der Waals surface area contributed by atoms with Crippen LogP contribution in [0.5, 0.6) is 0 Å². The summed E-state index contributed by atoms with van der Waals surface area (Å²) >= 11 is 0. The fourth-order valence-electron chi connectivity index (χ4n) is 1.55. The van der Waals surface area contributed by atoms with Gasteiger partial charge in [-0.05, 0) is 6.55 Å². The average molecular weight is 492 g/mol. The summed E-state index contributed by atoms with van der Waals surface area (Å²) < 4.78 is 210. The van der Waals surface area contributed by atoms with Crippen LogP contribution in [0.1, 0.15) is 0 Å². The van der Waals surface area contributed by atoms with Crippen molar-refractivity contribution in [1.82, 2.24) is 0 Å². The second kappa shape index (κ2) is 7.20. The van der Waals surface area contributed by atoms with Crippen molar-refractivity contribution in [2.75, 3.05) is 0 Å². The SMILES string of the molecule is C[SiH](O[SiH3])C(F)(F)C(F)C(F)(F)C(F)(F)C(F)(F)C(F)(F)C(F)(F)C(F)(F)F. The number of rotatable bonds is 8. The predicted octanol–water partition coefficient (Wildman–Crippen LogP) is 3.89. The van der Waals surface area contributed by atoms with Gasteiger partial charge in [-0.15, -0.1) is 0 Å². The molecule has 0 saturated carbocycles. The molecular formula is C9H8F16OSi2. The summed E-state index contributed by atoms with van der Waals surface area (Å²) in [6.45, 7) is 0.221. The molecule has 0 aromatic heterocycles. The maximum absolute atomic E-state index is 13.4. The molecule has 170 valence electrons. The molecule has 0 spiro atoms. The summed E-state index contributed by atoms with van der Waals surface area (Å²) in [5, 5.41) is 0. The van der Waals surface area contributed by atoms with Gasteiger partial charge in [0.25, 0.3) is 5.55 Å². The van der Waals surface area contributed by atoms with Crippen LogP contribution in [0, 0.1) is 0 Å². The third-order valence-electron chi connectivity index (χ3n) is 3.51. The Balaban J connectivity index is 6.48. The van der Waals surface area contributed by atoms with Crippen molar-refractivity contribution in [1.29, 1.82) is 0 Å². The zero-order chi connectivity index (χ0) is 23.4. The van der Waals surface area contributed by atoms with Crippen LogP contribution in [0.2, 0.25) is 6.55 Å². The Hall–Kier alpha value is -0.726. The molecule has 0 heterocycles. The van der Waals surface area contributed by atoms with E-state index in [1.165, 1.54) is 0 Å². The molecule has 0 aliphatic heterocycles. The highest BCUT2D eigenvalue weighted by Crippen LogP contribution is 2.61. The van der Waals surface area contributed by atoms with Gasteiger partial charge in [0.1, 0.15) is 10.5 Å². The maximum Gasteiger partial charge on any atom is 0.460 e. The van der Waals surface area contributed by atoms with Gasteiger partial charge in [-0.2, -0.15) is 57.1 Å². The topological polar surface area (TPSA) is 9.23 Å². The molecule has 0 amide bonds. The van der Waals surface area contributed by atoms with Gasteiger partial charge in [0.15, 0.2) is 0 Å². The van der Waals surface area contributed by atoms with Gasteiger partial charge in [-0.1, -0.05) is 0 Å². The molecular weight excluding hydrogens is 484 g/mol. The Bertz CT molecular complexity index is 557. The third kappa shape index (κ3) is 3.60. The molecule has 0 fully saturated rings. The van der Waals surface area contributed by atoms with Crippen LogP contribution in [-0.2, 0) is 4.12 Å². The van der Waals surface area contributed by atoms with Crippen LogP contribution < -0.4 is 0 Å². The molecule has 19 heteroatoms. The van der Waals surface area contributed by atoms with E-state index in [2.05, 4.69) is 4.12 Å². The van der Waals surface area contributed by atoms with E-state index in [9.17, 15) is 70.2 Å². The molecule has 0 aromatic rings. The first-order valence-corrected chi connectivity index (χ1v) is 9.41. The molecule has 2 atom stereocenters. The van der Waals surface area contributed by atoms with E-state index in [0.717, 1.165) is 0 Å². The lowest BCUT2D eigenvalue weighted by Gasteiger charge is -2.41. The predicted molar refractivity (Wildman–Crippen MR) is 64.7 cm³/mol. The number of halogens is 16. The first kappa shape index (κ1) is 27.3. The molecule has 0 aliphatic rings. The van der Waals surface area contributed by atoms with Crippen LogP contribution in [-0.4, -0.2) is 67.0 Å². The second-order valence-electron chi connectivity index (χ2n) is 5.33. The van der Waals surface area contributed by atoms with Crippen molar-refractivity contribution in [3.63, 3.8) is 0 Å². The van der Waals surface area contributed by atoms with Gasteiger partial charge in [-0.3, -0.25) is 0 Å². The number of alkyl halides is 16. The van der Waals surface area contributed by atoms with Gasteiger partial charge in [0.2, 0.25) is 15.2 Å². The summed E-state index contributed by atoms with van der Waals surface area (Å²) in [6, 6.07) is 0. The summed E-state index contributed by atoms with van der Waals surface area (Å²) in [7, 11) is -5.21. The van der Waals surface area contributed by atoms with Crippen LogP contribution in [0.15, 0.2) is 0 Å². The Morgan fingerprint density at radius 2 is 0.964 bits per heavy atom. The summed E-state index contributed by atoms with van der Waals surface area (Å²) in [6.07, 6.45) is -13.3. The highest BCUT2D eigenvalue weighted by molar-refractivity contribution is 6.57. The molecule has 28 heavy (non-hydrogen) atoms. The monoisotopic (exact) mass is 492 g/mol. The highest BCUT2D eigenvalue weighted by atomic mass is 28.3. The molecule has 0 aliphatic carbocycles. The van der Waals surface area contributed by atoms with Crippen LogP contribution >= 0.6 is 0 Å².